The van der Waals surface area contributed by atoms with E-state index in [1.807, 2.05) is 6.92 Å². The highest BCUT2D eigenvalue weighted by molar-refractivity contribution is 5.55. The van der Waals surface area contributed by atoms with Crippen molar-refractivity contribution >= 4 is 0 Å². The summed E-state index contributed by atoms with van der Waals surface area (Å²) in [7, 11) is 0. The van der Waals surface area contributed by atoms with Gasteiger partial charge in [0.25, 0.3) is 0 Å². The molecule has 1 heterocycles. The van der Waals surface area contributed by atoms with Crippen LogP contribution >= 0.6 is 0 Å². The van der Waals surface area contributed by atoms with Gasteiger partial charge >= 0.3 is 72.4 Å². The van der Waals surface area contributed by atoms with E-state index in [0.29, 0.717) is 24.1 Å². The molecule has 2 aromatic rings. The van der Waals surface area contributed by atoms with Crippen molar-refractivity contribution in [1.29, 1.82) is 0 Å². The van der Waals surface area contributed by atoms with Crippen LogP contribution in [0, 0.1) is 0 Å². The molecule has 0 bridgehead atoms. The van der Waals surface area contributed by atoms with Crippen LogP contribution in [0.25, 0.3) is 11.4 Å². The normalized spacial score (nSPS) is 15.0. The zero-order valence-electron chi connectivity index (χ0n) is 30.1. The van der Waals surface area contributed by atoms with Crippen LogP contribution in [0.1, 0.15) is 51.0 Å². The van der Waals surface area contributed by atoms with Crippen LogP contribution in [0.15, 0.2) is 36.7 Å². The topological polar surface area (TPSA) is 62.7 Å². The summed E-state index contributed by atoms with van der Waals surface area (Å²) in [4.78, 5) is 8.05. The summed E-state index contributed by atoms with van der Waals surface area (Å²) in [6, 6.07) is 3.04. The lowest BCUT2D eigenvalue weighted by molar-refractivity contribution is -0.574. The van der Waals surface area contributed by atoms with E-state index in [1.165, 1.54) is 21.9 Å². The fourth-order valence-electron chi connectivity index (χ4n) is 4.48. The van der Waals surface area contributed by atoms with E-state index in [-0.39, 0.29) is 11.4 Å². The number of rotatable bonds is 24. The van der Waals surface area contributed by atoms with E-state index < -0.39 is 84.8 Å². The summed E-state index contributed by atoms with van der Waals surface area (Å²) in [5.74, 6) is -52.2. The third kappa shape index (κ3) is 11.1. The van der Waals surface area contributed by atoms with Gasteiger partial charge < -0.3 is 4.74 Å². The van der Waals surface area contributed by atoms with E-state index in [1.54, 1.807) is 0 Å². The lowest BCUT2D eigenvalue weighted by Crippen LogP contribution is -2.74. The first-order valence-electron chi connectivity index (χ1n) is 16.5. The Morgan fingerprint density at radius 3 is 1.27 bits per heavy atom. The lowest BCUT2D eigenvalue weighted by atomic mass is 9.91. The predicted molar refractivity (Wildman–Crippen MR) is 154 cm³/mol. The summed E-state index contributed by atoms with van der Waals surface area (Å²) in [5, 5.41) is 0. The third-order valence-corrected chi connectivity index (χ3v) is 7.89. The minimum absolute atomic E-state index is 0.0414. The SMILES string of the molecule is CCCCCCCCc1cnc(-c2ccc(OCC(F)(F)C(F)(F)C(F)(F)C(F)(F)C(F)(F)C(F)(F)C(F)(F)OC(F)(F)C(F)(F)OC(F)(F)C(F)(F)OC(F)(F)F)cc2)nc1. The van der Waals surface area contributed by atoms with Gasteiger partial charge in [-0.15, -0.1) is 13.2 Å². The third-order valence-electron chi connectivity index (χ3n) is 7.89. The van der Waals surface area contributed by atoms with Crippen molar-refractivity contribution in [2.45, 2.75) is 124 Å². The molecule has 31 heteroatoms. The zero-order chi connectivity index (χ0) is 48.5. The predicted octanol–water partition coefficient (Wildman–Crippen LogP) is 12.8. The molecule has 0 aliphatic rings. The molecule has 6 nitrogen and oxygen atoms in total. The highest BCUT2D eigenvalue weighted by Crippen LogP contribution is 2.63. The molecule has 1 aromatic carbocycles. The van der Waals surface area contributed by atoms with Gasteiger partial charge in [-0.25, -0.2) is 24.2 Å². The summed E-state index contributed by atoms with van der Waals surface area (Å²) in [6.45, 7) is -1.22. The fraction of sp³-hybridized carbons (Fsp3) is 0.677. The van der Waals surface area contributed by atoms with Gasteiger partial charge in [0.05, 0.1) is 0 Å². The van der Waals surface area contributed by atoms with Crippen LogP contribution in [-0.4, -0.2) is 89.0 Å². The Balaban J connectivity index is 2.28. The number of ether oxygens (including phenoxy) is 4. The maximum Gasteiger partial charge on any atom is 0.527 e. The minimum Gasteiger partial charge on any atom is -0.487 e. The maximum absolute atomic E-state index is 14.3. The molecule has 0 saturated heterocycles. The van der Waals surface area contributed by atoms with Crippen molar-refractivity contribution in [1.82, 2.24) is 9.97 Å². The Hall–Kier alpha value is -3.77. The van der Waals surface area contributed by atoms with Gasteiger partial charge in [0.2, 0.25) is 0 Å². The number of aromatic nitrogens is 2. The van der Waals surface area contributed by atoms with E-state index in [9.17, 15) is 110 Å². The molecule has 0 fully saturated rings. The second-order valence-corrected chi connectivity index (χ2v) is 12.7. The molecule has 0 N–H and O–H groups in total. The van der Waals surface area contributed by atoms with Gasteiger partial charge in [-0.2, -0.15) is 96.6 Å². The first kappa shape index (κ1) is 54.4. The molecule has 0 aliphatic carbocycles. The number of aryl methyl sites for hydroxylation is 1. The Morgan fingerprint density at radius 1 is 0.435 bits per heavy atom. The average Bonchev–Trinajstić information content (AvgIpc) is 3.10. The van der Waals surface area contributed by atoms with Crippen molar-refractivity contribution in [2.24, 2.45) is 0 Å². The maximum atomic E-state index is 14.3. The molecular formula is C31H25F25N2O4. The van der Waals surface area contributed by atoms with Crippen LogP contribution in [0.2, 0.25) is 0 Å². The summed E-state index contributed by atoms with van der Waals surface area (Å²) in [6.07, 6.45) is -38.5. The molecule has 0 unspecified atom stereocenters. The van der Waals surface area contributed by atoms with Crippen molar-refractivity contribution in [2.75, 3.05) is 6.61 Å². The average molecular weight is 965 g/mol. The summed E-state index contributed by atoms with van der Waals surface area (Å²) < 4.78 is 348. The molecule has 2 rings (SSSR count). The molecule has 358 valence electrons. The number of unbranched alkanes of at least 4 members (excludes halogenated alkanes) is 5. The van der Waals surface area contributed by atoms with Crippen LogP contribution in [-0.2, 0) is 20.6 Å². The second kappa shape index (κ2) is 18.0. The van der Waals surface area contributed by atoms with Crippen LogP contribution in [0.3, 0.4) is 0 Å². The van der Waals surface area contributed by atoms with Crippen LogP contribution in [0.4, 0.5) is 110 Å². The second-order valence-electron chi connectivity index (χ2n) is 12.7. The lowest BCUT2D eigenvalue weighted by Gasteiger charge is -2.42. The highest BCUT2D eigenvalue weighted by atomic mass is 19.4. The monoisotopic (exact) mass is 964 g/mol. The van der Waals surface area contributed by atoms with Gasteiger partial charge in [-0.1, -0.05) is 39.0 Å². The number of alkyl halides is 25. The molecule has 0 atom stereocenters. The Labute approximate surface area is 329 Å². The van der Waals surface area contributed by atoms with Crippen LogP contribution in [0.5, 0.6) is 5.75 Å². The smallest absolute Gasteiger partial charge is 0.487 e. The molecule has 0 saturated carbocycles. The van der Waals surface area contributed by atoms with Crippen molar-refractivity contribution < 1.29 is 129 Å². The minimum atomic E-state index is -9.17. The first-order chi connectivity index (χ1) is 27.6. The Bertz CT molecular complexity index is 1750. The Morgan fingerprint density at radius 2 is 0.823 bits per heavy atom. The van der Waals surface area contributed by atoms with Gasteiger partial charge in [0, 0.05) is 18.0 Å². The highest BCUT2D eigenvalue weighted by Gasteiger charge is 2.94. The number of benzene rings is 1. The van der Waals surface area contributed by atoms with E-state index in [2.05, 4.69) is 14.7 Å². The quantitative estimate of drug-likeness (QED) is 0.0772. The van der Waals surface area contributed by atoms with E-state index >= 15 is 0 Å². The molecule has 0 radical (unpaired) electrons. The number of hydrogen-bond acceptors (Lipinski definition) is 6. The van der Waals surface area contributed by atoms with E-state index in [0.717, 1.165) is 55.4 Å². The van der Waals surface area contributed by atoms with Gasteiger partial charge in [-0.3, -0.25) is 0 Å². The summed E-state index contributed by atoms with van der Waals surface area (Å²) >= 11 is 0. The molecule has 0 amide bonds. The first-order valence-corrected chi connectivity index (χ1v) is 16.5. The molecule has 0 spiro atoms. The van der Waals surface area contributed by atoms with Crippen LogP contribution < -0.4 is 4.74 Å². The number of halogens is 25. The largest absolute Gasteiger partial charge is 0.527 e. The summed E-state index contributed by atoms with van der Waals surface area (Å²) in [5.41, 5.74) is 0.732. The van der Waals surface area contributed by atoms with Gasteiger partial charge in [-0.05, 0) is 42.7 Å². The standard InChI is InChI=1S/C31H25F25N2O4/c1-2-3-4-5-6-7-8-16-13-57-19(58-14-16)17-9-11-18(12-10-17)59-15-20(32,33)21(34,35)22(36,37)23(38,39)24(40,41)25(42,43)26(44,45)60-27(46,47)28(48,49)61-29(50,51)30(52,53)62-31(54,55)56/h9-14H,2-8,15H2,1H3. The van der Waals surface area contributed by atoms with Gasteiger partial charge in [0.1, 0.15) is 5.75 Å². The van der Waals surface area contributed by atoms with E-state index in [4.69, 9.17) is 0 Å². The van der Waals surface area contributed by atoms with Crippen molar-refractivity contribution in [3.05, 3.63) is 42.2 Å². The van der Waals surface area contributed by atoms with Crippen molar-refractivity contribution in [3.8, 4) is 17.1 Å². The molecule has 62 heavy (non-hydrogen) atoms. The molecule has 1 aromatic heterocycles. The number of nitrogens with zero attached hydrogens (tertiary/aromatic N) is 2. The fourth-order valence-corrected chi connectivity index (χ4v) is 4.48. The zero-order valence-corrected chi connectivity index (χ0v) is 30.1. The Kier molecular flexibility index (Phi) is 15.8. The molecular weight excluding hydrogens is 939 g/mol. The molecule has 0 aliphatic heterocycles. The van der Waals surface area contributed by atoms with Crippen molar-refractivity contribution in [3.63, 3.8) is 0 Å². The van der Waals surface area contributed by atoms with Gasteiger partial charge in [0.15, 0.2) is 12.4 Å². The number of hydrogen-bond donors (Lipinski definition) is 0.